The summed E-state index contributed by atoms with van der Waals surface area (Å²) in [6.07, 6.45) is -5.74. The number of hydroxylamine groups is 1. The van der Waals surface area contributed by atoms with Gasteiger partial charge in [0, 0.05) is 0 Å². The van der Waals surface area contributed by atoms with Crippen LogP contribution in [0.4, 0.5) is 24.5 Å². The van der Waals surface area contributed by atoms with Crippen molar-refractivity contribution in [2.24, 2.45) is 5.92 Å². The van der Waals surface area contributed by atoms with Crippen LogP contribution in [0.2, 0.25) is 0 Å². The average Bonchev–Trinajstić information content (AvgIpc) is 3.30. The molecule has 2 fully saturated rings. The molecular formula is C25H19F3N2O3. The first-order valence-electron chi connectivity index (χ1n) is 10.4. The Labute approximate surface area is 187 Å². The number of benzene rings is 3. The Bertz CT molecular complexity index is 1230. The molecule has 3 atom stereocenters. The van der Waals surface area contributed by atoms with E-state index in [1.807, 2.05) is 61.5 Å². The maximum absolute atomic E-state index is 13.5. The highest BCUT2D eigenvalue weighted by atomic mass is 19.4. The summed E-state index contributed by atoms with van der Waals surface area (Å²) in [5, 5.41) is 1.57. The number of halogens is 3. The van der Waals surface area contributed by atoms with E-state index >= 15 is 0 Å². The monoisotopic (exact) mass is 452 g/mol. The van der Waals surface area contributed by atoms with Crippen LogP contribution >= 0.6 is 0 Å². The number of carbonyl (C=O) groups is 2. The van der Waals surface area contributed by atoms with E-state index < -0.39 is 41.6 Å². The van der Waals surface area contributed by atoms with Crippen LogP contribution in [-0.2, 0) is 20.6 Å². The largest absolute Gasteiger partial charge is 0.416 e. The maximum Gasteiger partial charge on any atom is 0.416 e. The van der Waals surface area contributed by atoms with Crippen molar-refractivity contribution in [3.63, 3.8) is 0 Å². The molecular weight excluding hydrogens is 433 g/mol. The van der Waals surface area contributed by atoms with Gasteiger partial charge in [-0.15, -0.1) is 0 Å². The second-order valence-corrected chi connectivity index (χ2v) is 8.07. The fourth-order valence-electron chi connectivity index (χ4n) is 4.52. The minimum absolute atomic E-state index is 0.118. The second-order valence-electron chi connectivity index (χ2n) is 8.07. The smallest absolute Gasteiger partial charge is 0.273 e. The van der Waals surface area contributed by atoms with E-state index in [1.54, 1.807) is 5.06 Å². The molecule has 168 valence electrons. The Morgan fingerprint density at radius 3 is 2.18 bits per heavy atom. The second kappa shape index (κ2) is 7.74. The highest BCUT2D eigenvalue weighted by Crippen LogP contribution is 2.48. The molecule has 2 saturated heterocycles. The normalized spacial score (nSPS) is 22.7. The highest BCUT2D eigenvalue weighted by molar-refractivity contribution is 6.24. The lowest BCUT2D eigenvalue weighted by atomic mass is 9.88. The lowest BCUT2D eigenvalue weighted by Crippen LogP contribution is -2.37. The Kier molecular flexibility index (Phi) is 4.97. The molecule has 33 heavy (non-hydrogen) atoms. The van der Waals surface area contributed by atoms with Crippen LogP contribution in [0.1, 0.15) is 22.7 Å². The van der Waals surface area contributed by atoms with Crippen molar-refractivity contribution in [2.45, 2.75) is 25.2 Å². The number of fused-ring (bicyclic) bond motifs is 1. The first-order valence-corrected chi connectivity index (χ1v) is 10.4. The molecule has 5 nitrogen and oxygen atoms in total. The van der Waals surface area contributed by atoms with Gasteiger partial charge in [-0.25, -0.2) is 9.96 Å². The van der Waals surface area contributed by atoms with Crippen molar-refractivity contribution in [2.75, 3.05) is 9.96 Å². The van der Waals surface area contributed by atoms with Gasteiger partial charge in [0.15, 0.2) is 6.10 Å². The molecule has 3 aromatic rings. The van der Waals surface area contributed by atoms with E-state index in [2.05, 4.69) is 0 Å². The first-order chi connectivity index (χ1) is 15.8. The number of para-hydroxylation sites is 1. The molecule has 2 amide bonds. The lowest BCUT2D eigenvalue weighted by molar-refractivity contribution is -0.137. The summed E-state index contributed by atoms with van der Waals surface area (Å²) in [6.45, 7) is 1.90. The van der Waals surface area contributed by atoms with Crippen molar-refractivity contribution in [3.05, 3.63) is 95.6 Å². The van der Waals surface area contributed by atoms with E-state index in [4.69, 9.17) is 4.84 Å². The SMILES string of the molecule is Cc1ccccc1[C@@H]1[C@@H]2C(=O)N(c3cccc(C(F)(F)F)c3)C(=O)[C@H]2ON1c1ccccc1. The minimum atomic E-state index is -4.60. The van der Waals surface area contributed by atoms with Gasteiger partial charge in [-0.1, -0.05) is 48.5 Å². The molecule has 0 N–H and O–H groups in total. The molecule has 0 aliphatic carbocycles. The number of hydrogen-bond donors (Lipinski definition) is 0. The van der Waals surface area contributed by atoms with Gasteiger partial charge in [0.1, 0.15) is 5.92 Å². The first kappa shape index (κ1) is 21.2. The van der Waals surface area contributed by atoms with Gasteiger partial charge in [-0.2, -0.15) is 13.2 Å². The number of aryl methyl sites for hydroxylation is 1. The molecule has 2 heterocycles. The summed E-state index contributed by atoms with van der Waals surface area (Å²) < 4.78 is 39.7. The van der Waals surface area contributed by atoms with E-state index in [9.17, 15) is 22.8 Å². The average molecular weight is 452 g/mol. The van der Waals surface area contributed by atoms with Crippen LogP contribution in [-0.4, -0.2) is 17.9 Å². The molecule has 0 spiro atoms. The molecule has 8 heteroatoms. The Morgan fingerprint density at radius 1 is 0.818 bits per heavy atom. The van der Waals surface area contributed by atoms with Crippen LogP contribution < -0.4 is 9.96 Å². The summed E-state index contributed by atoms with van der Waals surface area (Å²) >= 11 is 0. The lowest BCUT2D eigenvalue weighted by Gasteiger charge is -2.29. The molecule has 0 unspecified atom stereocenters. The quantitative estimate of drug-likeness (QED) is 0.521. The van der Waals surface area contributed by atoms with Gasteiger partial charge >= 0.3 is 6.18 Å². The van der Waals surface area contributed by atoms with Gasteiger partial charge in [-0.05, 0) is 48.4 Å². The molecule has 0 aromatic heterocycles. The Hall–Kier alpha value is -3.65. The standard InChI is InChI=1S/C25H19F3N2O3/c1-15-8-5-6-13-19(15)21-20-22(33-30(21)17-10-3-2-4-11-17)24(32)29(23(20)31)18-12-7-9-16(14-18)25(26,27)28/h2-14,20-22H,1H3/t20-,21+,22-/m0/s1. The zero-order valence-corrected chi connectivity index (χ0v) is 17.5. The summed E-state index contributed by atoms with van der Waals surface area (Å²) in [5.41, 5.74) is 1.34. The zero-order valence-electron chi connectivity index (χ0n) is 17.5. The zero-order chi connectivity index (χ0) is 23.3. The van der Waals surface area contributed by atoms with E-state index in [0.717, 1.165) is 28.2 Å². The molecule has 0 bridgehead atoms. The Morgan fingerprint density at radius 2 is 1.48 bits per heavy atom. The number of hydrogen-bond acceptors (Lipinski definition) is 4. The fourth-order valence-corrected chi connectivity index (χ4v) is 4.52. The van der Waals surface area contributed by atoms with Crippen molar-refractivity contribution in [1.29, 1.82) is 0 Å². The summed E-state index contributed by atoms with van der Waals surface area (Å²) in [7, 11) is 0. The number of imide groups is 1. The predicted molar refractivity (Wildman–Crippen MR) is 115 cm³/mol. The number of anilines is 2. The number of alkyl halides is 3. The van der Waals surface area contributed by atoms with Crippen LogP contribution in [0.5, 0.6) is 0 Å². The van der Waals surface area contributed by atoms with Gasteiger partial charge in [0.2, 0.25) is 5.91 Å². The topological polar surface area (TPSA) is 49.9 Å². The van der Waals surface area contributed by atoms with Crippen molar-refractivity contribution >= 4 is 23.2 Å². The van der Waals surface area contributed by atoms with Crippen molar-refractivity contribution < 1.29 is 27.6 Å². The molecule has 2 aliphatic heterocycles. The van der Waals surface area contributed by atoms with E-state index in [1.165, 1.54) is 12.1 Å². The molecule has 3 aromatic carbocycles. The van der Waals surface area contributed by atoms with Crippen LogP contribution in [0.3, 0.4) is 0 Å². The fraction of sp³-hybridized carbons (Fsp3) is 0.200. The van der Waals surface area contributed by atoms with Crippen LogP contribution in [0, 0.1) is 12.8 Å². The third-order valence-electron chi connectivity index (χ3n) is 6.06. The van der Waals surface area contributed by atoms with Gasteiger partial charge in [-0.3, -0.25) is 14.4 Å². The van der Waals surface area contributed by atoms with Crippen LogP contribution in [0.15, 0.2) is 78.9 Å². The molecule has 0 radical (unpaired) electrons. The summed E-state index contributed by atoms with van der Waals surface area (Å²) in [5.74, 6) is -2.18. The van der Waals surface area contributed by atoms with Crippen molar-refractivity contribution in [3.8, 4) is 0 Å². The van der Waals surface area contributed by atoms with E-state index in [0.29, 0.717) is 5.69 Å². The van der Waals surface area contributed by atoms with Crippen molar-refractivity contribution in [1.82, 2.24) is 0 Å². The summed E-state index contributed by atoms with van der Waals surface area (Å²) in [4.78, 5) is 33.7. The summed E-state index contributed by atoms with van der Waals surface area (Å²) in [6, 6.07) is 20.2. The highest BCUT2D eigenvalue weighted by Gasteiger charge is 2.60. The van der Waals surface area contributed by atoms with Gasteiger partial charge < -0.3 is 0 Å². The molecule has 0 saturated carbocycles. The number of carbonyl (C=O) groups excluding carboxylic acids is 2. The molecule has 5 rings (SSSR count). The minimum Gasteiger partial charge on any atom is -0.273 e. The van der Waals surface area contributed by atoms with E-state index in [-0.39, 0.29) is 5.69 Å². The number of rotatable bonds is 3. The van der Waals surface area contributed by atoms with Crippen LogP contribution in [0.25, 0.3) is 0 Å². The number of nitrogens with zero attached hydrogens (tertiary/aromatic N) is 2. The van der Waals surface area contributed by atoms with Gasteiger partial charge in [0.25, 0.3) is 5.91 Å². The third kappa shape index (κ3) is 3.47. The number of amides is 2. The maximum atomic E-state index is 13.5. The third-order valence-corrected chi connectivity index (χ3v) is 6.06. The molecule has 2 aliphatic rings. The predicted octanol–water partition coefficient (Wildman–Crippen LogP) is 5.06. The Balaban J connectivity index is 1.59. The van der Waals surface area contributed by atoms with Gasteiger partial charge in [0.05, 0.1) is 23.0 Å².